The minimum atomic E-state index is -1.14. The summed E-state index contributed by atoms with van der Waals surface area (Å²) in [5, 5.41) is 0. The van der Waals surface area contributed by atoms with E-state index in [2.05, 4.69) is 9.97 Å². The predicted molar refractivity (Wildman–Crippen MR) is 63.0 cm³/mol. The normalized spacial score (nSPS) is 10.3. The average molecular weight is 264 g/mol. The number of ketones is 1. The first-order chi connectivity index (χ1) is 9.11. The molecule has 2 aromatic rings. The zero-order valence-corrected chi connectivity index (χ0v) is 10.1. The highest BCUT2D eigenvalue weighted by Crippen LogP contribution is 2.15. The Hall–Kier alpha value is -2.37. The Kier molecular flexibility index (Phi) is 3.79. The van der Waals surface area contributed by atoms with E-state index < -0.39 is 17.4 Å². The molecule has 0 amide bonds. The number of aromatic nitrogens is 2. The maximum atomic E-state index is 13.4. The monoisotopic (exact) mass is 264 g/mol. The number of halogens is 2. The molecule has 0 radical (unpaired) electrons. The van der Waals surface area contributed by atoms with Crippen molar-refractivity contribution < 1.29 is 18.3 Å². The summed E-state index contributed by atoms with van der Waals surface area (Å²) in [5.41, 5.74) is 0.0816. The van der Waals surface area contributed by atoms with Gasteiger partial charge in [0.05, 0.1) is 24.8 Å². The number of benzene rings is 1. The molecule has 0 aliphatic carbocycles. The van der Waals surface area contributed by atoms with Gasteiger partial charge in [0.15, 0.2) is 17.4 Å². The Labute approximate surface area is 108 Å². The van der Waals surface area contributed by atoms with Crippen LogP contribution < -0.4 is 4.74 Å². The smallest absolute Gasteiger partial charge is 0.216 e. The third-order valence-electron chi connectivity index (χ3n) is 2.50. The van der Waals surface area contributed by atoms with Gasteiger partial charge in [-0.15, -0.1) is 0 Å². The van der Waals surface area contributed by atoms with E-state index in [1.54, 1.807) is 0 Å². The van der Waals surface area contributed by atoms with E-state index in [4.69, 9.17) is 4.74 Å². The van der Waals surface area contributed by atoms with Gasteiger partial charge < -0.3 is 4.74 Å². The van der Waals surface area contributed by atoms with Crippen LogP contribution in [0.1, 0.15) is 16.1 Å². The quantitative estimate of drug-likeness (QED) is 0.794. The van der Waals surface area contributed by atoms with E-state index in [0.717, 1.165) is 6.07 Å². The van der Waals surface area contributed by atoms with E-state index in [1.807, 2.05) is 0 Å². The second-order valence-corrected chi connectivity index (χ2v) is 3.75. The summed E-state index contributed by atoms with van der Waals surface area (Å²) in [6.45, 7) is 0. The SMILES string of the molecule is COc1cc(CC(=O)c2cccc(F)c2F)ncn1. The molecule has 0 atom stereocenters. The lowest BCUT2D eigenvalue weighted by Gasteiger charge is -2.04. The number of hydrogen-bond donors (Lipinski definition) is 0. The van der Waals surface area contributed by atoms with Gasteiger partial charge in [0, 0.05) is 6.07 Å². The van der Waals surface area contributed by atoms with Gasteiger partial charge in [0.2, 0.25) is 5.88 Å². The standard InChI is InChI=1S/C13H10F2N2O2/c1-19-12-6-8(16-7-17-12)5-11(18)9-3-2-4-10(14)13(9)15/h2-4,6-7H,5H2,1H3. The summed E-state index contributed by atoms with van der Waals surface area (Å²) >= 11 is 0. The van der Waals surface area contributed by atoms with Crippen LogP contribution in [0.15, 0.2) is 30.6 Å². The number of nitrogens with zero attached hydrogens (tertiary/aromatic N) is 2. The molecule has 0 spiro atoms. The van der Waals surface area contributed by atoms with Crippen LogP contribution in [0.4, 0.5) is 8.78 Å². The third kappa shape index (κ3) is 2.90. The van der Waals surface area contributed by atoms with Gasteiger partial charge in [-0.2, -0.15) is 0 Å². The van der Waals surface area contributed by atoms with Crippen LogP contribution in [0, 0.1) is 11.6 Å². The Morgan fingerprint density at radius 1 is 1.32 bits per heavy atom. The van der Waals surface area contributed by atoms with Crippen LogP contribution in [0.3, 0.4) is 0 Å². The fourth-order valence-corrected chi connectivity index (χ4v) is 1.56. The highest BCUT2D eigenvalue weighted by Gasteiger charge is 2.16. The number of carbonyl (C=O) groups excluding carboxylic acids is 1. The van der Waals surface area contributed by atoms with Crippen molar-refractivity contribution in [2.75, 3.05) is 7.11 Å². The summed E-state index contributed by atoms with van der Waals surface area (Å²) in [7, 11) is 1.43. The third-order valence-corrected chi connectivity index (χ3v) is 2.50. The molecule has 0 saturated heterocycles. The van der Waals surface area contributed by atoms with Crippen molar-refractivity contribution in [2.45, 2.75) is 6.42 Å². The number of ether oxygens (including phenoxy) is 1. The highest BCUT2D eigenvalue weighted by atomic mass is 19.2. The van der Waals surface area contributed by atoms with E-state index in [9.17, 15) is 13.6 Å². The molecule has 0 aliphatic rings. The second kappa shape index (κ2) is 5.51. The van der Waals surface area contributed by atoms with Crippen molar-refractivity contribution >= 4 is 5.78 Å². The number of methoxy groups -OCH3 is 1. The number of carbonyl (C=O) groups is 1. The number of rotatable bonds is 4. The fraction of sp³-hybridized carbons (Fsp3) is 0.154. The van der Waals surface area contributed by atoms with Crippen molar-refractivity contribution in [3.05, 3.63) is 53.5 Å². The van der Waals surface area contributed by atoms with Crippen molar-refractivity contribution in [3.63, 3.8) is 0 Å². The lowest BCUT2D eigenvalue weighted by molar-refractivity contribution is 0.0987. The molecule has 0 N–H and O–H groups in total. The molecule has 0 unspecified atom stereocenters. The minimum Gasteiger partial charge on any atom is -0.481 e. The molecule has 19 heavy (non-hydrogen) atoms. The zero-order chi connectivity index (χ0) is 13.8. The second-order valence-electron chi connectivity index (χ2n) is 3.75. The predicted octanol–water partition coefficient (Wildman–Crippen LogP) is 2.19. The first kappa shape index (κ1) is 13.1. The summed E-state index contributed by atoms with van der Waals surface area (Å²) in [4.78, 5) is 19.5. The largest absolute Gasteiger partial charge is 0.481 e. The van der Waals surface area contributed by atoms with Gasteiger partial charge in [0.25, 0.3) is 0 Å². The zero-order valence-electron chi connectivity index (χ0n) is 10.1. The van der Waals surface area contributed by atoms with Crippen LogP contribution >= 0.6 is 0 Å². The number of hydrogen-bond acceptors (Lipinski definition) is 4. The molecule has 1 heterocycles. The Balaban J connectivity index is 2.23. The molecule has 98 valence electrons. The van der Waals surface area contributed by atoms with Crippen LogP contribution in [-0.2, 0) is 6.42 Å². The van der Waals surface area contributed by atoms with E-state index in [-0.39, 0.29) is 12.0 Å². The molecular weight excluding hydrogens is 254 g/mol. The van der Waals surface area contributed by atoms with Crippen molar-refractivity contribution in [1.82, 2.24) is 9.97 Å². The maximum absolute atomic E-state index is 13.4. The molecule has 1 aromatic carbocycles. The molecule has 0 fully saturated rings. The van der Waals surface area contributed by atoms with Crippen molar-refractivity contribution in [3.8, 4) is 5.88 Å². The summed E-state index contributed by atoms with van der Waals surface area (Å²) in [6, 6.07) is 4.94. The summed E-state index contributed by atoms with van der Waals surface area (Å²) in [5.74, 6) is -2.45. The Bertz CT molecular complexity index is 617. The number of Topliss-reactive ketones (excluding diaryl/α,β-unsaturated/α-hetero) is 1. The molecule has 2 rings (SSSR count). The van der Waals surface area contributed by atoms with E-state index >= 15 is 0 Å². The van der Waals surface area contributed by atoms with Crippen molar-refractivity contribution in [1.29, 1.82) is 0 Å². The molecule has 1 aromatic heterocycles. The Morgan fingerprint density at radius 3 is 2.84 bits per heavy atom. The fourth-order valence-electron chi connectivity index (χ4n) is 1.56. The topological polar surface area (TPSA) is 52.1 Å². The molecule has 0 aliphatic heterocycles. The molecule has 6 heteroatoms. The van der Waals surface area contributed by atoms with E-state index in [0.29, 0.717) is 11.6 Å². The lowest BCUT2D eigenvalue weighted by atomic mass is 10.1. The van der Waals surface area contributed by atoms with Gasteiger partial charge in [-0.25, -0.2) is 18.7 Å². The van der Waals surface area contributed by atoms with Gasteiger partial charge in [-0.3, -0.25) is 4.79 Å². The molecule has 0 saturated carbocycles. The van der Waals surface area contributed by atoms with Gasteiger partial charge in [-0.1, -0.05) is 6.07 Å². The molecule has 0 bridgehead atoms. The highest BCUT2D eigenvalue weighted by molar-refractivity contribution is 5.97. The van der Waals surface area contributed by atoms with Crippen LogP contribution in [0.25, 0.3) is 0 Å². The van der Waals surface area contributed by atoms with Crippen LogP contribution in [0.5, 0.6) is 5.88 Å². The van der Waals surface area contributed by atoms with E-state index in [1.165, 1.54) is 31.6 Å². The van der Waals surface area contributed by atoms with Gasteiger partial charge >= 0.3 is 0 Å². The Morgan fingerprint density at radius 2 is 2.11 bits per heavy atom. The van der Waals surface area contributed by atoms with Crippen molar-refractivity contribution in [2.24, 2.45) is 0 Å². The first-order valence-corrected chi connectivity index (χ1v) is 5.44. The maximum Gasteiger partial charge on any atom is 0.216 e. The van der Waals surface area contributed by atoms with Crippen LogP contribution in [-0.4, -0.2) is 22.9 Å². The molecular formula is C13H10F2N2O2. The lowest BCUT2D eigenvalue weighted by Crippen LogP contribution is -2.09. The first-order valence-electron chi connectivity index (χ1n) is 5.44. The summed E-state index contributed by atoms with van der Waals surface area (Å²) in [6.07, 6.45) is 1.09. The average Bonchev–Trinajstić information content (AvgIpc) is 2.42. The van der Waals surface area contributed by atoms with Gasteiger partial charge in [0.1, 0.15) is 6.33 Å². The minimum absolute atomic E-state index is 0.154. The van der Waals surface area contributed by atoms with Crippen LogP contribution in [0.2, 0.25) is 0 Å². The molecule has 4 nitrogen and oxygen atoms in total. The summed E-state index contributed by atoms with van der Waals surface area (Å²) < 4.78 is 31.4. The van der Waals surface area contributed by atoms with Gasteiger partial charge in [-0.05, 0) is 12.1 Å².